The van der Waals surface area contributed by atoms with Crippen LogP contribution in [0.25, 0.3) is 0 Å². The first-order chi connectivity index (χ1) is 5.41. The number of benzene rings is 1. The van der Waals surface area contributed by atoms with Crippen molar-refractivity contribution in [1.82, 2.24) is 0 Å². The van der Waals surface area contributed by atoms with E-state index < -0.39 is 20.9 Å². The number of halogens is 1. The summed E-state index contributed by atoms with van der Waals surface area (Å²) in [5.74, 6) is -0.558. The molecule has 0 aliphatic carbocycles. The average Bonchev–Trinajstić information content (AvgIpc) is 1.83. The highest BCUT2D eigenvalue weighted by Crippen LogP contribution is 2.24. The SMILES string of the molecule is Cc1ccc(S(=O)(=O)F)c(O)c1. The summed E-state index contributed by atoms with van der Waals surface area (Å²) >= 11 is 0. The minimum absolute atomic E-state index is 0.558. The van der Waals surface area contributed by atoms with Gasteiger partial charge in [0.2, 0.25) is 0 Å². The van der Waals surface area contributed by atoms with Crippen LogP contribution in [0.3, 0.4) is 0 Å². The van der Waals surface area contributed by atoms with Gasteiger partial charge in [-0.3, -0.25) is 0 Å². The molecule has 12 heavy (non-hydrogen) atoms. The van der Waals surface area contributed by atoms with E-state index in [-0.39, 0.29) is 0 Å². The molecule has 1 N–H and O–H groups in total. The Morgan fingerprint density at radius 3 is 2.42 bits per heavy atom. The Labute approximate surface area is 69.7 Å². The van der Waals surface area contributed by atoms with E-state index >= 15 is 0 Å². The molecule has 0 amide bonds. The maximum Gasteiger partial charge on any atom is 0.335 e. The van der Waals surface area contributed by atoms with Crippen LogP contribution in [0.4, 0.5) is 3.89 Å². The molecule has 0 fully saturated rings. The summed E-state index contributed by atoms with van der Waals surface area (Å²) in [4.78, 5) is -0.687. The minimum Gasteiger partial charge on any atom is -0.506 e. The third-order valence-corrected chi connectivity index (χ3v) is 2.25. The highest BCUT2D eigenvalue weighted by atomic mass is 32.3. The molecule has 5 heteroatoms. The van der Waals surface area contributed by atoms with E-state index in [2.05, 4.69) is 0 Å². The van der Waals surface area contributed by atoms with Gasteiger partial charge in [-0.05, 0) is 24.6 Å². The van der Waals surface area contributed by atoms with Gasteiger partial charge in [0.25, 0.3) is 0 Å². The van der Waals surface area contributed by atoms with Crippen LogP contribution in [-0.4, -0.2) is 13.5 Å². The summed E-state index contributed by atoms with van der Waals surface area (Å²) < 4.78 is 33.0. The van der Waals surface area contributed by atoms with Gasteiger partial charge < -0.3 is 5.11 Å². The first kappa shape index (κ1) is 8.99. The normalized spacial score (nSPS) is 11.5. The molecule has 0 spiro atoms. The van der Waals surface area contributed by atoms with Crippen molar-refractivity contribution in [3.8, 4) is 5.75 Å². The second kappa shape index (κ2) is 2.75. The molecule has 1 aromatic rings. The fourth-order valence-electron chi connectivity index (χ4n) is 0.834. The number of aryl methyl sites for hydroxylation is 1. The van der Waals surface area contributed by atoms with Crippen LogP contribution in [0.5, 0.6) is 5.75 Å². The fourth-order valence-corrected chi connectivity index (χ4v) is 1.37. The molecule has 0 aliphatic rings. The van der Waals surface area contributed by atoms with E-state index in [1.807, 2.05) is 0 Å². The number of rotatable bonds is 1. The second-order valence-corrected chi connectivity index (χ2v) is 3.72. The highest BCUT2D eigenvalue weighted by Gasteiger charge is 2.16. The second-order valence-electron chi connectivity index (χ2n) is 2.41. The number of hydrogen-bond donors (Lipinski definition) is 1. The number of phenolic OH excluding ortho intramolecular Hbond substituents is 1. The van der Waals surface area contributed by atoms with Gasteiger partial charge in [0.1, 0.15) is 10.6 Å². The summed E-state index contributed by atoms with van der Waals surface area (Å²) in [5, 5.41) is 9.01. The maximum absolute atomic E-state index is 12.3. The quantitative estimate of drug-likeness (QED) is 0.680. The maximum atomic E-state index is 12.3. The van der Waals surface area contributed by atoms with E-state index in [0.717, 1.165) is 6.07 Å². The number of aromatic hydroxyl groups is 1. The van der Waals surface area contributed by atoms with E-state index in [0.29, 0.717) is 5.56 Å². The Morgan fingerprint density at radius 2 is 2.00 bits per heavy atom. The topological polar surface area (TPSA) is 54.4 Å². The number of hydrogen-bond acceptors (Lipinski definition) is 3. The molecule has 0 unspecified atom stereocenters. The van der Waals surface area contributed by atoms with Crippen LogP contribution < -0.4 is 0 Å². The Kier molecular flexibility index (Phi) is 2.06. The van der Waals surface area contributed by atoms with Crippen molar-refractivity contribution in [3.63, 3.8) is 0 Å². The number of phenols is 1. The molecule has 0 heterocycles. The average molecular weight is 190 g/mol. The Balaban J connectivity index is 3.39. The Bertz CT molecular complexity index is 397. The summed E-state index contributed by atoms with van der Waals surface area (Å²) in [6.45, 7) is 1.66. The molecule has 0 radical (unpaired) electrons. The summed E-state index contributed by atoms with van der Waals surface area (Å²) in [6, 6.07) is 3.62. The largest absolute Gasteiger partial charge is 0.506 e. The molecule has 0 saturated carbocycles. The lowest BCUT2D eigenvalue weighted by Gasteiger charge is -1.99. The van der Waals surface area contributed by atoms with Crippen molar-refractivity contribution in [2.45, 2.75) is 11.8 Å². The van der Waals surface area contributed by atoms with Gasteiger partial charge in [0.15, 0.2) is 0 Å². The lowest BCUT2D eigenvalue weighted by molar-refractivity contribution is 0.455. The molecule has 0 atom stereocenters. The predicted molar refractivity (Wildman–Crippen MR) is 41.1 cm³/mol. The third kappa shape index (κ3) is 1.73. The zero-order valence-electron chi connectivity index (χ0n) is 6.28. The lowest BCUT2D eigenvalue weighted by atomic mass is 10.2. The van der Waals surface area contributed by atoms with Crippen LogP contribution in [0.15, 0.2) is 23.1 Å². The van der Waals surface area contributed by atoms with Gasteiger partial charge in [-0.25, -0.2) is 0 Å². The molecule has 1 aromatic carbocycles. The first-order valence-electron chi connectivity index (χ1n) is 3.15. The van der Waals surface area contributed by atoms with Crippen molar-refractivity contribution in [2.24, 2.45) is 0 Å². The lowest BCUT2D eigenvalue weighted by Crippen LogP contribution is -1.92. The molecular formula is C7H7FO3S. The van der Waals surface area contributed by atoms with Crippen molar-refractivity contribution in [3.05, 3.63) is 23.8 Å². The van der Waals surface area contributed by atoms with Gasteiger partial charge in [-0.15, -0.1) is 3.89 Å². The van der Waals surface area contributed by atoms with Crippen molar-refractivity contribution < 1.29 is 17.4 Å². The van der Waals surface area contributed by atoms with E-state index in [4.69, 9.17) is 5.11 Å². The molecule has 0 saturated heterocycles. The van der Waals surface area contributed by atoms with E-state index in [9.17, 15) is 12.3 Å². The van der Waals surface area contributed by atoms with Crippen LogP contribution in [0, 0.1) is 6.92 Å². The van der Waals surface area contributed by atoms with Gasteiger partial charge in [-0.1, -0.05) is 6.07 Å². The monoisotopic (exact) mass is 190 g/mol. The molecule has 1 rings (SSSR count). The molecule has 66 valence electrons. The summed E-state index contributed by atoms with van der Waals surface area (Å²) in [6.07, 6.45) is 0. The summed E-state index contributed by atoms with van der Waals surface area (Å²) in [5.41, 5.74) is 0.667. The fraction of sp³-hybridized carbons (Fsp3) is 0.143. The Hall–Kier alpha value is -1.10. The van der Waals surface area contributed by atoms with Crippen LogP contribution in [-0.2, 0) is 10.2 Å². The van der Waals surface area contributed by atoms with Gasteiger partial charge in [0.05, 0.1) is 0 Å². The predicted octanol–water partition coefficient (Wildman–Crippen LogP) is 1.36. The van der Waals surface area contributed by atoms with Gasteiger partial charge >= 0.3 is 10.2 Å². The zero-order valence-corrected chi connectivity index (χ0v) is 7.10. The molecule has 3 nitrogen and oxygen atoms in total. The van der Waals surface area contributed by atoms with E-state index in [1.54, 1.807) is 6.92 Å². The van der Waals surface area contributed by atoms with Crippen molar-refractivity contribution in [2.75, 3.05) is 0 Å². The Morgan fingerprint density at radius 1 is 1.42 bits per heavy atom. The molecular weight excluding hydrogens is 183 g/mol. The van der Waals surface area contributed by atoms with Crippen LogP contribution in [0.2, 0.25) is 0 Å². The molecule has 0 bridgehead atoms. The zero-order chi connectivity index (χ0) is 9.35. The van der Waals surface area contributed by atoms with Crippen LogP contribution >= 0.6 is 0 Å². The highest BCUT2D eigenvalue weighted by molar-refractivity contribution is 7.86. The van der Waals surface area contributed by atoms with E-state index in [1.165, 1.54) is 12.1 Å². The first-order valence-corrected chi connectivity index (χ1v) is 4.54. The summed E-state index contributed by atoms with van der Waals surface area (Å²) in [7, 11) is -4.80. The standard InChI is InChI=1S/C7H7FO3S/c1-5-2-3-7(6(9)4-5)12(8,10)11/h2-4,9H,1H3. The minimum atomic E-state index is -4.80. The molecule has 0 aliphatic heterocycles. The smallest absolute Gasteiger partial charge is 0.335 e. The van der Waals surface area contributed by atoms with Crippen molar-refractivity contribution >= 4 is 10.2 Å². The molecule has 0 aromatic heterocycles. The van der Waals surface area contributed by atoms with Crippen molar-refractivity contribution in [1.29, 1.82) is 0 Å². The van der Waals surface area contributed by atoms with Gasteiger partial charge in [-0.2, -0.15) is 8.42 Å². The van der Waals surface area contributed by atoms with Gasteiger partial charge in [0, 0.05) is 0 Å². The third-order valence-electron chi connectivity index (χ3n) is 1.38. The van der Waals surface area contributed by atoms with Crippen LogP contribution in [0.1, 0.15) is 5.56 Å².